The van der Waals surface area contributed by atoms with Gasteiger partial charge in [0, 0.05) is 38.7 Å². The average Bonchev–Trinajstić information content (AvgIpc) is 2.77. The molecule has 0 unspecified atom stereocenters. The first kappa shape index (κ1) is 20.5. The first-order valence-electron chi connectivity index (χ1n) is 9.60. The lowest BCUT2D eigenvalue weighted by Gasteiger charge is -2.36. The van der Waals surface area contributed by atoms with Crippen molar-refractivity contribution in [3.05, 3.63) is 53.8 Å². The number of ether oxygens (including phenoxy) is 2. The van der Waals surface area contributed by atoms with Crippen LogP contribution in [0.25, 0.3) is 0 Å². The summed E-state index contributed by atoms with van der Waals surface area (Å²) in [5.74, 6) is 0.897. The van der Waals surface area contributed by atoms with E-state index >= 15 is 0 Å². The summed E-state index contributed by atoms with van der Waals surface area (Å²) >= 11 is 0. The Bertz CT molecular complexity index is 889. The molecule has 0 aromatic heterocycles. The lowest BCUT2D eigenvalue weighted by Crippen LogP contribution is -2.49. The zero-order valence-electron chi connectivity index (χ0n) is 16.4. The molecule has 3 rings (SSSR count). The predicted octanol–water partition coefficient (Wildman–Crippen LogP) is 3.21. The van der Waals surface area contributed by atoms with Gasteiger partial charge in [-0.3, -0.25) is 4.79 Å². The van der Waals surface area contributed by atoms with Gasteiger partial charge in [-0.05, 0) is 30.7 Å². The summed E-state index contributed by atoms with van der Waals surface area (Å²) in [5.41, 5.74) is 1.09. The fourth-order valence-electron chi connectivity index (χ4n) is 3.32. The number of piperazine rings is 1. The quantitative estimate of drug-likeness (QED) is 0.671. The number of halogens is 1. The van der Waals surface area contributed by atoms with Crippen LogP contribution in [0, 0.1) is 17.1 Å². The minimum atomic E-state index is -0.234. The standard InChI is InChI=1S/C22H24FN3O3/c1-28-21-15-17(16-24)8-9-20(21)29-14-4-7-22(27)26-12-10-25(11-13-26)19-6-3-2-5-18(19)23/h2-3,5-6,8-9,15H,4,7,10-14H2,1H3. The van der Waals surface area contributed by atoms with Gasteiger partial charge in [-0.15, -0.1) is 0 Å². The molecule has 0 N–H and O–H groups in total. The summed E-state index contributed by atoms with van der Waals surface area (Å²) in [5, 5.41) is 8.93. The van der Waals surface area contributed by atoms with Crippen LogP contribution in [0.5, 0.6) is 11.5 Å². The summed E-state index contributed by atoms with van der Waals surface area (Å²) in [6.07, 6.45) is 0.966. The van der Waals surface area contributed by atoms with E-state index in [-0.39, 0.29) is 11.7 Å². The van der Waals surface area contributed by atoms with Crippen molar-refractivity contribution in [2.24, 2.45) is 0 Å². The van der Waals surface area contributed by atoms with Crippen molar-refractivity contribution in [2.45, 2.75) is 12.8 Å². The van der Waals surface area contributed by atoms with E-state index in [0.717, 1.165) is 0 Å². The van der Waals surface area contributed by atoms with E-state index in [9.17, 15) is 9.18 Å². The molecule has 0 radical (unpaired) electrons. The van der Waals surface area contributed by atoms with Crippen LogP contribution in [0.15, 0.2) is 42.5 Å². The lowest BCUT2D eigenvalue weighted by molar-refractivity contribution is -0.131. The molecule has 0 spiro atoms. The van der Waals surface area contributed by atoms with Gasteiger partial charge in [-0.2, -0.15) is 5.26 Å². The number of hydrogen-bond donors (Lipinski definition) is 0. The summed E-state index contributed by atoms with van der Waals surface area (Å²) < 4.78 is 24.8. The molecule has 152 valence electrons. The Hall–Kier alpha value is -3.27. The van der Waals surface area contributed by atoms with Crippen molar-refractivity contribution in [1.82, 2.24) is 4.90 Å². The van der Waals surface area contributed by atoms with Crippen LogP contribution in [-0.4, -0.2) is 50.7 Å². The Morgan fingerprint density at radius 1 is 1.14 bits per heavy atom. The first-order valence-corrected chi connectivity index (χ1v) is 9.60. The summed E-state index contributed by atoms with van der Waals surface area (Å²) in [7, 11) is 1.52. The van der Waals surface area contributed by atoms with Gasteiger partial charge in [-0.1, -0.05) is 12.1 Å². The molecule has 0 atom stereocenters. The molecule has 2 aromatic carbocycles. The highest BCUT2D eigenvalue weighted by molar-refractivity contribution is 5.76. The molecule has 1 fully saturated rings. The summed E-state index contributed by atoms with van der Waals surface area (Å²) in [6.45, 7) is 2.77. The van der Waals surface area contributed by atoms with Crippen LogP contribution in [0.4, 0.5) is 10.1 Å². The Morgan fingerprint density at radius 2 is 1.90 bits per heavy atom. The highest BCUT2D eigenvalue weighted by Crippen LogP contribution is 2.28. The van der Waals surface area contributed by atoms with Crippen molar-refractivity contribution in [2.75, 3.05) is 44.8 Å². The van der Waals surface area contributed by atoms with Crippen molar-refractivity contribution in [3.8, 4) is 17.6 Å². The fourth-order valence-corrected chi connectivity index (χ4v) is 3.32. The monoisotopic (exact) mass is 397 g/mol. The molecule has 1 heterocycles. The average molecular weight is 397 g/mol. The van der Waals surface area contributed by atoms with Gasteiger partial charge in [0.05, 0.1) is 31.0 Å². The molecule has 6 nitrogen and oxygen atoms in total. The number of nitriles is 1. The second-order valence-electron chi connectivity index (χ2n) is 6.75. The van der Waals surface area contributed by atoms with E-state index < -0.39 is 0 Å². The number of carbonyl (C=O) groups excluding carboxylic acids is 1. The van der Waals surface area contributed by atoms with E-state index in [1.165, 1.54) is 13.2 Å². The third kappa shape index (κ3) is 5.17. The number of amides is 1. The molecule has 7 heteroatoms. The van der Waals surface area contributed by atoms with Gasteiger partial charge in [0.2, 0.25) is 5.91 Å². The van der Waals surface area contributed by atoms with E-state index in [4.69, 9.17) is 14.7 Å². The van der Waals surface area contributed by atoms with E-state index in [1.807, 2.05) is 15.9 Å². The van der Waals surface area contributed by atoms with Crippen LogP contribution < -0.4 is 14.4 Å². The smallest absolute Gasteiger partial charge is 0.222 e. The van der Waals surface area contributed by atoms with Gasteiger partial charge < -0.3 is 19.3 Å². The summed E-state index contributed by atoms with van der Waals surface area (Å²) in [4.78, 5) is 16.2. The zero-order valence-corrected chi connectivity index (χ0v) is 16.4. The molecule has 1 aliphatic rings. The van der Waals surface area contributed by atoms with Gasteiger partial charge in [0.15, 0.2) is 11.5 Å². The topological polar surface area (TPSA) is 65.8 Å². The van der Waals surface area contributed by atoms with Crippen molar-refractivity contribution >= 4 is 11.6 Å². The predicted molar refractivity (Wildman–Crippen MR) is 108 cm³/mol. The van der Waals surface area contributed by atoms with Crippen LogP contribution >= 0.6 is 0 Å². The molecular formula is C22H24FN3O3. The minimum Gasteiger partial charge on any atom is -0.493 e. The first-order chi connectivity index (χ1) is 14.1. The molecule has 0 bridgehead atoms. The fraction of sp³-hybridized carbons (Fsp3) is 0.364. The van der Waals surface area contributed by atoms with Crippen molar-refractivity contribution in [3.63, 3.8) is 0 Å². The molecular weight excluding hydrogens is 373 g/mol. The minimum absolute atomic E-state index is 0.0774. The second kappa shape index (κ2) is 9.78. The number of benzene rings is 2. The second-order valence-corrected chi connectivity index (χ2v) is 6.75. The molecule has 0 saturated carbocycles. The Labute approximate surface area is 170 Å². The number of rotatable bonds is 7. The van der Waals surface area contributed by atoms with E-state index in [1.54, 1.807) is 30.3 Å². The van der Waals surface area contributed by atoms with Gasteiger partial charge >= 0.3 is 0 Å². The van der Waals surface area contributed by atoms with Crippen molar-refractivity contribution in [1.29, 1.82) is 5.26 Å². The number of anilines is 1. The third-order valence-corrected chi connectivity index (χ3v) is 4.91. The molecule has 0 aliphatic carbocycles. The molecule has 1 amide bonds. The Balaban J connectivity index is 1.42. The van der Waals surface area contributed by atoms with E-state index in [2.05, 4.69) is 6.07 Å². The Kier molecular flexibility index (Phi) is 6.90. The van der Waals surface area contributed by atoms with Gasteiger partial charge in [0.25, 0.3) is 0 Å². The molecule has 29 heavy (non-hydrogen) atoms. The number of methoxy groups -OCH3 is 1. The summed E-state index contributed by atoms with van der Waals surface area (Å²) in [6, 6.07) is 13.7. The maximum Gasteiger partial charge on any atom is 0.222 e. The largest absolute Gasteiger partial charge is 0.493 e. The van der Waals surface area contributed by atoms with Crippen molar-refractivity contribution < 1.29 is 18.7 Å². The number of para-hydroxylation sites is 1. The highest BCUT2D eigenvalue weighted by atomic mass is 19.1. The maximum atomic E-state index is 13.9. The van der Waals surface area contributed by atoms with Gasteiger partial charge in [-0.25, -0.2) is 4.39 Å². The third-order valence-electron chi connectivity index (χ3n) is 4.91. The van der Waals surface area contributed by atoms with Crippen LogP contribution in [-0.2, 0) is 4.79 Å². The number of carbonyl (C=O) groups is 1. The lowest BCUT2D eigenvalue weighted by atomic mass is 10.2. The zero-order chi connectivity index (χ0) is 20.6. The SMILES string of the molecule is COc1cc(C#N)ccc1OCCCC(=O)N1CCN(c2ccccc2F)CC1. The Morgan fingerprint density at radius 3 is 2.59 bits per heavy atom. The molecule has 2 aromatic rings. The molecule has 1 aliphatic heterocycles. The van der Waals surface area contributed by atoms with Crippen LogP contribution in [0.3, 0.4) is 0 Å². The van der Waals surface area contributed by atoms with Crippen LogP contribution in [0.2, 0.25) is 0 Å². The van der Waals surface area contributed by atoms with Crippen LogP contribution in [0.1, 0.15) is 18.4 Å². The van der Waals surface area contributed by atoms with Gasteiger partial charge in [0.1, 0.15) is 5.82 Å². The number of nitrogens with zero attached hydrogens (tertiary/aromatic N) is 3. The molecule has 1 saturated heterocycles. The number of hydrogen-bond acceptors (Lipinski definition) is 5. The highest BCUT2D eigenvalue weighted by Gasteiger charge is 2.22. The van der Waals surface area contributed by atoms with E-state index in [0.29, 0.717) is 68.4 Å². The maximum absolute atomic E-state index is 13.9. The normalized spacial score (nSPS) is 13.7.